The van der Waals surface area contributed by atoms with Crippen LogP contribution in [-0.4, -0.2) is 40.9 Å². The third-order valence-corrected chi connectivity index (χ3v) is 5.38. The van der Waals surface area contributed by atoms with E-state index in [1.54, 1.807) is 20.2 Å². The van der Waals surface area contributed by atoms with Crippen molar-refractivity contribution in [2.24, 2.45) is 13.0 Å². The Kier molecular flexibility index (Phi) is 6.51. The number of anilines is 1. The van der Waals surface area contributed by atoms with Crippen molar-refractivity contribution in [3.63, 3.8) is 0 Å². The van der Waals surface area contributed by atoms with Gasteiger partial charge in [-0.2, -0.15) is 5.10 Å². The van der Waals surface area contributed by atoms with Gasteiger partial charge in [0.05, 0.1) is 19.9 Å². The van der Waals surface area contributed by atoms with E-state index in [-0.39, 0.29) is 11.6 Å². The molecule has 158 valence electrons. The Morgan fingerprint density at radius 2 is 1.90 bits per heavy atom. The van der Waals surface area contributed by atoms with E-state index in [1.807, 2.05) is 24.3 Å². The first-order valence-corrected chi connectivity index (χ1v) is 10.2. The molecule has 0 bridgehead atoms. The van der Waals surface area contributed by atoms with Gasteiger partial charge in [-0.15, -0.1) is 11.3 Å². The lowest BCUT2D eigenvalue weighted by atomic mass is 10.1. The molecule has 0 saturated heterocycles. The summed E-state index contributed by atoms with van der Waals surface area (Å²) in [6, 6.07) is 9.14. The van der Waals surface area contributed by atoms with E-state index in [0.717, 1.165) is 16.2 Å². The molecule has 1 amide bonds. The summed E-state index contributed by atoms with van der Waals surface area (Å²) in [5.74, 6) is 0.215. The molecular formula is C21H24N4O4S. The first-order chi connectivity index (χ1) is 14.3. The number of benzene rings is 1. The van der Waals surface area contributed by atoms with E-state index in [9.17, 15) is 9.59 Å². The van der Waals surface area contributed by atoms with E-state index in [1.165, 1.54) is 23.1 Å². The molecular weight excluding hydrogens is 404 g/mol. The number of carbonyl (C=O) groups is 2. The minimum absolute atomic E-state index is 0.246. The summed E-state index contributed by atoms with van der Waals surface area (Å²) < 4.78 is 11.5. The molecule has 9 heteroatoms. The molecule has 0 fully saturated rings. The van der Waals surface area contributed by atoms with Crippen molar-refractivity contribution in [2.45, 2.75) is 20.3 Å². The molecule has 8 nitrogen and oxygen atoms in total. The Morgan fingerprint density at radius 3 is 2.50 bits per heavy atom. The third-order valence-electron chi connectivity index (χ3n) is 4.39. The number of hydrogen-bond donors (Lipinski definition) is 1. The van der Waals surface area contributed by atoms with Gasteiger partial charge in [-0.3, -0.25) is 14.8 Å². The number of aryl methyl sites for hydroxylation is 1. The van der Waals surface area contributed by atoms with Crippen LogP contribution in [0.4, 0.5) is 5.13 Å². The van der Waals surface area contributed by atoms with Crippen LogP contribution < -0.4 is 10.1 Å². The number of thiazole rings is 1. The predicted molar refractivity (Wildman–Crippen MR) is 115 cm³/mol. The van der Waals surface area contributed by atoms with Crippen molar-refractivity contribution in [1.29, 1.82) is 0 Å². The molecule has 0 aliphatic heterocycles. The highest BCUT2D eigenvalue weighted by molar-refractivity contribution is 7.16. The summed E-state index contributed by atoms with van der Waals surface area (Å²) >= 11 is 1.28. The number of nitrogens with zero attached hydrogens (tertiary/aromatic N) is 3. The van der Waals surface area contributed by atoms with Crippen molar-refractivity contribution >= 4 is 28.3 Å². The fourth-order valence-corrected chi connectivity index (χ4v) is 4.07. The summed E-state index contributed by atoms with van der Waals surface area (Å²) in [6.07, 6.45) is 0.672. The number of aromatic nitrogens is 3. The average Bonchev–Trinajstić information content (AvgIpc) is 3.30. The Morgan fingerprint density at radius 1 is 1.20 bits per heavy atom. The number of ether oxygens (including phenoxy) is 2. The van der Waals surface area contributed by atoms with Gasteiger partial charge < -0.3 is 9.47 Å². The van der Waals surface area contributed by atoms with E-state index in [0.29, 0.717) is 28.9 Å². The zero-order valence-corrected chi connectivity index (χ0v) is 18.4. The summed E-state index contributed by atoms with van der Waals surface area (Å²) in [5.41, 5.74) is 2.16. The van der Waals surface area contributed by atoms with Crippen LogP contribution in [0.2, 0.25) is 0 Å². The second-order valence-corrected chi connectivity index (χ2v) is 8.19. The predicted octanol–water partition coefficient (Wildman–Crippen LogP) is 3.79. The molecule has 30 heavy (non-hydrogen) atoms. The number of rotatable bonds is 7. The normalized spacial score (nSPS) is 10.9. The van der Waals surface area contributed by atoms with Crippen LogP contribution in [-0.2, 0) is 18.2 Å². The highest BCUT2D eigenvalue weighted by Gasteiger charge is 2.22. The van der Waals surface area contributed by atoms with Crippen LogP contribution in [0.1, 0.15) is 39.7 Å². The van der Waals surface area contributed by atoms with Gasteiger partial charge in [-0.25, -0.2) is 9.78 Å². The maximum Gasteiger partial charge on any atom is 0.357 e. The highest BCUT2D eigenvalue weighted by atomic mass is 32.1. The van der Waals surface area contributed by atoms with E-state index in [2.05, 4.69) is 29.2 Å². The summed E-state index contributed by atoms with van der Waals surface area (Å²) in [4.78, 5) is 29.9. The second kappa shape index (κ2) is 9.08. The average molecular weight is 429 g/mol. The van der Waals surface area contributed by atoms with Gasteiger partial charge in [0.2, 0.25) is 0 Å². The number of hydrogen-bond acceptors (Lipinski definition) is 7. The number of methoxy groups -OCH3 is 2. The summed E-state index contributed by atoms with van der Waals surface area (Å²) in [7, 11) is 4.62. The van der Waals surface area contributed by atoms with Gasteiger partial charge in [0.1, 0.15) is 11.4 Å². The molecule has 0 radical (unpaired) electrons. The molecule has 0 atom stereocenters. The number of esters is 1. The Balaban J connectivity index is 1.83. The Bertz CT molecular complexity index is 1050. The van der Waals surface area contributed by atoms with Crippen molar-refractivity contribution in [1.82, 2.24) is 14.8 Å². The van der Waals surface area contributed by atoms with Gasteiger partial charge in [0.25, 0.3) is 5.91 Å². The Hall–Kier alpha value is -3.20. The van der Waals surface area contributed by atoms with Gasteiger partial charge >= 0.3 is 5.97 Å². The molecule has 0 saturated carbocycles. The van der Waals surface area contributed by atoms with Crippen molar-refractivity contribution in [3.8, 4) is 17.0 Å². The largest absolute Gasteiger partial charge is 0.497 e. The lowest BCUT2D eigenvalue weighted by Gasteiger charge is -2.02. The number of amides is 1. The first kappa shape index (κ1) is 21.5. The van der Waals surface area contributed by atoms with Crippen molar-refractivity contribution in [3.05, 3.63) is 46.6 Å². The fraction of sp³-hybridized carbons (Fsp3) is 0.333. The molecule has 0 aliphatic carbocycles. The molecule has 3 rings (SSSR count). The van der Waals surface area contributed by atoms with Gasteiger partial charge in [0, 0.05) is 17.5 Å². The van der Waals surface area contributed by atoms with Crippen LogP contribution in [0.5, 0.6) is 5.75 Å². The highest BCUT2D eigenvalue weighted by Crippen LogP contribution is 2.27. The summed E-state index contributed by atoms with van der Waals surface area (Å²) in [6.45, 7) is 4.10. The second-order valence-electron chi connectivity index (χ2n) is 7.10. The Labute approximate surface area is 178 Å². The molecule has 0 aliphatic rings. The van der Waals surface area contributed by atoms with Crippen molar-refractivity contribution in [2.75, 3.05) is 19.5 Å². The van der Waals surface area contributed by atoms with Crippen molar-refractivity contribution < 1.29 is 19.1 Å². The molecule has 2 heterocycles. The lowest BCUT2D eigenvalue weighted by Crippen LogP contribution is -2.16. The summed E-state index contributed by atoms with van der Waals surface area (Å²) in [5, 5.41) is 7.55. The minimum atomic E-state index is -0.510. The van der Waals surface area contributed by atoms with E-state index >= 15 is 0 Å². The molecule has 1 N–H and O–H groups in total. The van der Waals surface area contributed by atoms with Gasteiger partial charge in [-0.1, -0.05) is 13.8 Å². The smallest absolute Gasteiger partial charge is 0.357 e. The maximum absolute atomic E-state index is 12.8. The third kappa shape index (κ3) is 4.68. The monoisotopic (exact) mass is 428 g/mol. The minimum Gasteiger partial charge on any atom is -0.497 e. The van der Waals surface area contributed by atoms with Crippen LogP contribution in [0, 0.1) is 5.92 Å². The quantitative estimate of drug-likeness (QED) is 0.575. The van der Waals surface area contributed by atoms with E-state index in [4.69, 9.17) is 9.47 Å². The molecule has 2 aromatic heterocycles. The molecule has 3 aromatic rings. The SMILES string of the molecule is COC(=O)c1nc(NC(=O)c2cc(-c3ccc(OC)cc3)nn2C)sc1CC(C)C. The standard InChI is InChI=1S/C21H24N4O4S/c1-12(2)10-17-18(20(27)29-5)22-21(30-17)23-19(26)16-11-15(24-25(16)3)13-6-8-14(28-4)9-7-13/h6-9,11-12H,10H2,1-5H3,(H,22,23,26). The topological polar surface area (TPSA) is 95.3 Å². The van der Waals surface area contributed by atoms with Gasteiger partial charge in [0.15, 0.2) is 10.8 Å². The zero-order chi connectivity index (χ0) is 21.8. The number of carbonyl (C=O) groups excluding carboxylic acids is 2. The molecule has 0 spiro atoms. The van der Waals surface area contributed by atoms with E-state index < -0.39 is 5.97 Å². The van der Waals surface area contributed by atoms with Crippen LogP contribution in [0.25, 0.3) is 11.3 Å². The molecule has 1 aromatic carbocycles. The first-order valence-electron chi connectivity index (χ1n) is 9.40. The van der Waals surface area contributed by atoms with Gasteiger partial charge in [-0.05, 0) is 42.7 Å². The maximum atomic E-state index is 12.8. The van der Waals surface area contributed by atoms with Crippen LogP contribution >= 0.6 is 11.3 Å². The van der Waals surface area contributed by atoms with Crippen LogP contribution in [0.15, 0.2) is 30.3 Å². The zero-order valence-electron chi connectivity index (χ0n) is 17.6. The van der Waals surface area contributed by atoms with Crippen LogP contribution in [0.3, 0.4) is 0 Å². The number of nitrogens with one attached hydrogen (secondary N) is 1. The molecule has 0 unspecified atom stereocenters. The fourth-order valence-electron chi connectivity index (χ4n) is 2.91. The lowest BCUT2D eigenvalue weighted by molar-refractivity contribution is 0.0593.